The minimum atomic E-state index is 0.704. The molecule has 0 unspecified atom stereocenters. The molecule has 0 radical (unpaired) electrons. The molecule has 3 nitrogen and oxygen atoms in total. The highest BCUT2D eigenvalue weighted by atomic mass is 16.3. The van der Waals surface area contributed by atoms with Gasteiger partial charge in [0.05, 0.1) is 5.69 Å². The van der Waals surface area contributed by atoms with Crippen LogP contribution in [0.4, 0.5) is 0 Å². The van der Waals surface area contributed by atoms with Gasteiger partial charge in [0.25, 0.3) is 0 Å². The van der Waals surface area contributed by atoms with Crippen molar-refractivity contribution in [2.24, 2.45) is 5.92 Å². The van der Waals surface area contributed by atoms with Crippen molar-refractivity contribution in [1.82, 2.24) is 9.97 Å². The summed E-state index contributed by atoms with van der Waals surface area (Å²) < 4.78 is 6.16. The lowest BCUT2D eigenvalue weighted by Crippen LogP contribution is -2.09. The van der Waals surface area contributed by atoms with Crippen molar-refractivity contribution < 1.29 is 4.42 Å². The first-order valence-corrected chi connectivity index (χ1v) is 10.0. The van der Waals surface area contributed by atoms with Gasteiger partial charge in [-0.2, -0.15) is 0 Å². The van der Waals surface area contributed by atoms with Crippen molar-refractivity contribution in [1.29, 1.82) is 0 Å². The number of hydrogen-bond donors (Lipinski definition) is 0. The normalized spacial score (nSPS) is 15.6. The fraction of sp³-hybridized carbons (Fsp3) is 0.333. The molecule has 0 aliphatic heterocycles. The quantitative estimate of drug-likeness (QED) is 0.422. The van der Waals surface area contributed by atoms with E-state index >= 15 is 0 Å². The van der Waals surface area contributed by atoms with Crippen molar-refractivity contribution in [3.8, 4) is 11.3 Å². The molecule has 27 heavy (non-hydrogen) atoms. The molecule has 3 heterocycles. The van der Waals surface area contributed by atoms with E-state index in [1.165, 1.54) is 37.7 Å². The SMILES string of the molecule is Cc1ccc2c(n1)oc1c(-c3cc(CC4CCCCC4)ccn3)cccc12. The van der Waals surface area contributed by atoms with E-state index in [1.54, 1.807) is 0 Å². The Bertz CT molecular complexity index is 1110. The maximum Gasteiger partial charge on any atom is 0.227 e. The lowest BCUT2D eigenvalue weighted by Gasteiger charge is -2.21. The Kier molecular flexibility index (Phi) is 4.16. The van der Waals surface area contributed by atoms with Crippen LogP contribution in [-0.2, 0) is 6.42 Å². The van der Waals surface area contributed by atoms with E-state index in [0.29, 0.717) is 5.71 Å². The first-order valence-electron chi connectivity index (χ1n) is 10.0. The van der Waals surface area contributed by atoms with Crippen molar-refractivity contribution in [3.05, 3.63) is 59.9 Å². The van der Waals surface area contributed by atoms with Gasteiger partial charge in [0.15, 0.2) is 0 Å². The Labute approximate surface area is 159 Å². The van der Waals surface area contributed by atoms with Gasteiger partial charge < -0.3 is 4.42 Å². The minimum Gasteiger partial charge on any atom is -0.437 e. The predicted octanol–water partition coefficient (Wildman–Crippen LogP) is 6.47. The molecule has 0 spiro atoms. The predicted molar refractivity (Wildman–Crippen MR) is 110 cm³/mol. The standard InChI is InChI=1S/C24H24N2O/c1-16-10-11-20-19-8-5-9-21(23(19)27-24(20)26-16)22-15-18(12-13-25-22)14-17-6-3-2-4-7-17/h5,8-13,15,17H,2-4,6-7,14H2,1H3. The Morgan fingerprint density at radius 2 is 1.89 bits per heavy atom. The molecular formula is C24H24N2O. The van der Waals surface area contributed by atoms with Crippen molar-refractivity contribution >= 4 is 22.1 Å². The topological polar surface area (TPSA) is 38.9 Å². The molecule has 3 heteroatoms. The number of furan rings is 1. The Balaban J connectivity index is 1.57. The number of benzene rings is 1. The van der Waals surface area contributed by atoms with E-state index in [2.05, 4.69) is 46.4 Å². The molecule has 136 valence electrons. The lowest BCUT2D eigenvalue weighted by atomic mass is 9.85. The smallest absolute Gasteiger partial charge is 0.227 e. The second kappa shape index (κ2) is 6.80. The molecule has 0 amide bonds. The highest BCUT2D eigenvalue weighted by Gasteiger charge is 2.16. The van der Waals surface area contributed by atoms with E-state index in [0.717, 1.165) is 45.6 Å². The molecule has 3 aromatic heterocycles. The second-order valence-electron chi connectivity index (χ2n) is 7.85. The molecule has 1 aromatic carbocycles. The van der Waals surface area contributed by atoms with Gasteiger partial charge in [0.1, 0.15) is 5.58 Å². The molecule has 4 aromatic rings. The van der Waals surface area contributed by atoms with Crippen LogP contribution in [0.2, 0.25) is 0 Å². The van der Waals surface area contributed by atoms with Crippen LogP contribution < -0.4 is 0 Å². The maximum atomic E-state index is 6.16. The minimum absolute atomic E-state index is 0.704. The monoisotopic (exact) mass is 356 g/mol. The summed E-state index contributed by atoms with van der Waals surface area (Å²) in [5.41, 5.74) is 5.98. The van der Waals surface area contributed by atoms with Crippen LogP contribution in [0, 0.1) is 12.8 Å². The molecule has 1 fully saturated rings. The highest BCUT2D eigenvalue weighted by Crippen LogP contribution is 2.35. The summed E-state index contributed by atoms with van der Waals surface area (Å²) >= 11 is 0. The third kappa shape index (κ3) is 3.12. The highest BCUT2D eigenvalue weighted by molar-refractivity contribution is 6.08. The molecule has 0 saturated heterocycles. The number of para-hydroxylation sites is 1. The zero-order valence-electron chi connectivity index (χ0n) is 15.7. The summed E-state index contributed by atoms with van der Waals surface area (Å²) in [6.45, 7) is 1.99. The molecule has 1 aliphatic rings. The summed E-state index contributed by atoms with van der Waals surface area (Å²) in [6.07, 6.45) is 9.99. The average Bonchev–Trinajstić information content (AvgIpc) is 3.06. The molecule has 0 N–H and O–H groups in total. The third-order valence-electron chi connectivity index (χ3n) is 5.85. The van der Waals surface area contributed by atoms with Crippen LogP contribution in [0.3, 0.4) is 0 Å². The van der Waals surface area contributed by atoms with Gasteiger partial charge in [-0.05, 0) is 55.2 Å². The zero-order chi connectivity index (χ0) is 18.2. The van der Waals surface area contributed by atoms with Crippen molar-refractivity contribution in [2.45, 2.75) is 45.4 Å². The lowest BCUT2D eigenvalue weighted by molar-refractivity contribution is 0.356. The zero-order valence-corrected chi connectivity index (χ0v) is 15.7. The Morgan fingerprint density at radius 1 is 1.00 bits per heavy atom. The number of aromatic nitrogens is 2. The summed E-state index contributed by atoms with van der Waals surface area (Å²) in [7, 11) is 0. The fourth-order valence-electron chi connectivity index (χ4n) is 4.45. The van der Waals surface area contributed by atoms with Gasteiger partial charge in [-0.3, -0.25) is 4.98 Å². The van der Waals surface area contributed by atoms with E-state index in [4.69, 9.17) is 4.42 Å². The van der Waals surface area contributed by atoms with Crippen molar-refractivity contribution in [3.63, 3.8) is 0 Å². The molecule has 1 saturated carbocycles. The number of fused-ring (bicyclic) bond motifs is 3. The second-order valence-corrected chi connectivity index (χ2v) is 7.85. The summed E-state index contributed by atoms with van der Waals surface area (Å²) in [5, 5.41) is 2.17. The number of hydrogen-bond acceptors (Lipinski definition) is 3. The third-order valence-corrected chi connectivity index (χ3v) is 5.85. The van der Waals surface area contributed by atoms with Crippen LogP contribution >= 0.6 is 0 Å². The number of rotatable bonds is 3. The first-order chi connectivity index (χ1) is 13.3. The van der Waals surface area contributed by atoms with Crippen LogP contribution in [0.5, 0.6) is 0 Å². The van der Waals surface area contributed by atoms with Crippen molar-refractivity contribution in [2.75, 3.05) is 0 Å². The van der Waals surface area contributed by atoms with Gasteiger partial charge in [0, 0.05) is 28.2 Å². The van der Waals surface area contributed by atoms with Crippen LogP contribution in [0.15, 0.2) is 53.1 Å². The van der Waals surface area contributed by atoms with Gasteiger partial charge in [0.2, 0.25) is 5.71 Å². The molecule has 1 aliphatic carbocycles. The van der Waals surface area contributed by atoms with Gasteiger partial charge >= 0.3 is 0 Å². The molecule has 5 rings (SSSR count). The Morgan fingerprint density at radius 3 is 2.78 bits per heavy atom. The van der Waals surface area contributed by atoms with Gasteiger partial charge in [-0.1, -0.05) is 44.2 Å². The number of pyridine rings is 2. The van der Waals surface area contributed by atoms with E-state index in [1.807, 2.05) is 19.2 Å². The fourth-order valence-corrected chi connectivity index (χ4v) is 4.45. The van der Waals surface area contributed by atoms with E-state index in [9.17, 15) is 0 Å². The Hall–Kier alpha value is -2.68. The first kappa shape index (κ1) is 16.5. The summed E-state index contributed by atoms with van der Waals surface area (Å²) in [4.78, 5) is 9.22. The van der Waals surface area contributed by atoms with Crippen LogP contribution in [0.1, 0.15) is 43.4 Å². The maximum absolute atomic E-state index is 6.16. The summed E-state index contributed by atoms with van der Waals surface area (Å²) in [5.74, 6) is 0.822. The van der Waals surface area contributed by atoms with Crippen LogP contribution in [-0.4, -0.2) is 9.97 Å². The number of aryl methyl sites for hydroxylation is 1. The van der Waals surface area contributed by atoms with Gasteiger partial charge in [-0.25, -0.2) is 4.98 Å². The van der Waals surface area contributed by atoms with Crippen LogP contribution in [0.25, 0.3) is 33.3 Å². The van der Waals surface area contributed by atoms with E-state index in [-0.39, 0.29) is 0 Å². The number of nitrogens with zero attached hydrogens (tertiary/aromatic N) is 2. The summed E-state index contributed by atoms with van der Waals surface area (Å²) in [6, 6.07) is 14.8. The average molecular weight is 356 g/mol. The molecule has 0 atom stereocenters. The largest absolute Gasteiger partial charge is 0.437 e. The van der Waals surface area contributed by atoms with E-state index < -0.39 is 0 Å². The molecule has 0 bridgehead atoms. The molecular weight excluding hydrogens is 332 g/mol. The van der Waals surface area contributed by atoms with Gasteiger partial charge in [-0.15, -0.1) is 0 Å².